The van der Waals surface area contributed by atoms with Gasteiger partial charge in [-0.25, -0.2) is 0 Å². The molecule has 2 heteroatoms. The number of hydrogen-bond acceptors (Lipinski definition) is 2. The summed E-state index contributed by atoms with van der Waals surface area (Å²) in [7, 11) is 0. The van der Waals surface area contributed by atoms with Gasteiger partial charge in [0.15, 0.2) is 5.90 Å². The highest BCUT2D eigenvalue weighted by atomic mass is 16.5. The summed E-state index contributed by atoms with van der Waals surface area (Å²) in [6.45, 7) is 6.55. The molecule has 0 aliphatic carbocycles. The van der Waals surface area contributed by atoms with E-state index >= 15 is 0 Å². The topological polar surface area (TPSA) is 33.1 Å². The molecule has 0 aromatic carbocycles. The number of unbranched alkanes of at least 4 members (excludes halogenated alkanes) is 7. The van der Waals surface area contributed by atoms with Gasteiger partial charge < -0.3 is 4.74 Å². The van der Waals surface area contributed by atoms with Crippen molar-refractivity contribution >= 4 is 5.90 Å². The predicted molar refractivity (Wildman–Crippen MR) is 80.4 cm³/mol. The van der Waals surface area contributed by atoms with Crippen LogP contribution in [0.15, 0.2) is 0 Å². The van der Waals surface area contributed by atoms with Crippen LogP contribution in [-0.4, -0.2) is 12.0 Å². The highest BCUT2D eigenvalue weighted by Gasteiger charge is 2.06. The quantitative estimate of drug-likeness (QED) is 0.271. The molecule has 108 valence electrons. The summed E-state index contributed by atoms with van der Waals surface area (Å²) in [5.41, 5.74) is 0. The van der Waals surface area contributed by atoms with Crippen molar-refractivity contribution in [2.24, 2.45) is 0 Å². The van der Waals surface area contributed by atoms with Crippen molar-refractivity contribution in [1.82, 2.24) is 0 Å². The number of hydrogen-bond donors (Lipinski definition) is 1. The Kier molecular flexibility index (Phi) is 12.5. The first-order valence-electron chi connectivity index (χ1n) is 7.94. The molecule has 0 rings (SSSR count). The standard InChI is InChI=1S/C16H33NO/c1-4-6-8-10-12-14-16(17)18-15(3)13-11-9-7-5-2/h15,17H,4-14H2,1-3H3. The Morgan fingerprint density at radius 1 is 0.889 bits per heavy atom. The first-order chi connectivity index (χ1) is 8.70. The van der Waals surface area contributed by atoms with E-state index in [1.807, 2.05) is 0 Å². The van der Waals surface area contributed by atoms with Gasteiger partial charge in [0, 0.05) is 6.42 Å². The van der Waals surface area contributed by atoms with Crippen LogP contribution in [0.5, 0.6) is 0 Å². The van der Waals surface area contributed by atoms with E-state index in [0.29, 0.717) is 5.90 Å². The molecule has 0 aromatic heterocycles. The number of ether oxygens (including phenoxy) is 1. The lowest BCUT2D eigenvalue weighted by Gasteiger charge is -2.15. The van der Waals surface area contributed by atoms with Crippen molar-refractivity contribution in [3.63, 3.8) is 0 Å². The minimum Gasteiger partial charge on any atom is -0.478 e. The number of nitrogens with one attached hydrogen (secondary N) is 1. The lowest BCUT2D eigenvalue weighted by molar-refractivity contribution is 0.184. The summed E-state index contributed by atoms with van der Waals surface area (Å²) >= 11 is 0. The lowest BCUT2D eigenvalue weighted by atomic mass is 10.1. The first-order valence-corrected chi connectivity index (χ1v) is 7.94. The van der Waals surface area contributed by atoms with Crippen LogP contribution in [0.3, 0.4) is 0 Å². The summed E-state index contributed by atoms with van der Waals surface area (Å²) in [6.07, 6.45) is 13.5. The first kappa shape index (κ1) is 17.5. The van der Waals surface area contributed by atoms with Gasteiger partial charge in [0.25, 0.3) is 0 Å². The van der Waals surface area contributed by atoms with Crippen LogP contribution in [0.25, 0.3) is 0 Å². The van der Waals surface area contributed by atoms with Gasteiger partial charge in [-0.3, -0.25) is 5.41 Å². The third kappa shape index (κ3) is 11.9. The van der Waals surface area contributed by atoms with Crippen LogP contribution < -0.4 is 0 Å². The Morgan fingerprint density at radius 2 is 1.44 bits per heavy atom. The van der Waals surface area contributed by atoms with Gasteiger partial charge in [-0.2, -0.15) is 0 Å². The maximum atomic E-state index is 7.79. The Morgan fingerprint density at radius 3 is 2.06 bits per heavy atom. The van der Waals surface area contributed by atoms with Crippen LogP contribution in [0.1, 0.15) is 91.4 Å². The maximum Gasteiger partial charge on any atom is 0.180 e. The minimum absolute atomic E-state index is 0.227. The largest absolute Gasteiger partial charge is 0.478 e. The smallest absolute Gasteiger partial charge is 0.180 e. The highest BCUT2D eigenvalue weighted by molar-refractivity contribution is 5.72. The lowest BCUT2D eigenvalue weighted by Crippen LogP contribution is -2.14. The van der Waals surface area contributed by atoms with E-state index in [1.54, 1.807) is 0 Å². The molecule has 1 N–H and O–H groups in total. The molecule has 0 amide bonds. The van der Waals surface area contributed by atoms with Crippen LogP contribution in [-0.2, 0) is 4.74 Å². The van der Waals surface area contributed by atoms with E-state index in [0.717, 1.165) is 19.3 Å². The summed E-state index contributed by atoms with van der Waals surface area (Å²) in [5.74, 6) is 0.495. The molecule has 1 atom stereocenters. The molecule has 0 fully saturated rings. The van der Waals surface area contributed by atoms with E-state index in [1.165, 1.54) is 51.4 Å². The van der Waals surface area contributed by atoms with Gasteiger partial charge in [0.1, 0.15) is 0 Å². The Balaban J connectivity index is 3.37. The van der Waals surface area contributed by atoms with Crippen molar-refractivity contribution in [1.29, 1.82) is 5.41 Å². The molecule has 1 unspecified atom stereocenters. The van der Waals surface area contributed by atoms with Crippen LogP contribution in [0.2, 0.25) is 0 Å². The van der Waals surface area contributed by atoms with E-state index in [2.05, 4.69) is 20.8 Å². The van der Waals surface area contributed by atoms with Crippen molar-refractivity contribution in [2.45, 2.75) is 97.5 Å². The number of rotatable bonds is 12. The molecule has 0 bridgehead atoms. The Hall–Kier alpha value is -0.530. The third-order valence-electron chi connectivity index (χ3n) is 3.32. The van der Waals surface area contributed by atoms with Gasteiger partial charge in [-0.05, 0) is 26.2 Å². The van der Waals surface area contributed by atoms with Gasteiger partial charge >= 0.3 is 0 Å². The van der Waals surface area contributed by atoms with E-state index in [4.69, 9.17) is 10.1 Å². The molecule has 0 aromatic rings. The maximum absolute atomic E-state index is 7.79. The molecule has 0 radical (unpaired) electrons. The van der Waals surface area contributed by atoms with E-state index in [-0.39, 0.29) is 6.10 Å². The molecule has 0 aliphatic rings. The average molecular weight is 255 g/mol. The van der Waals surface area contributed by atoms with Crippen LogP contribution >= 0.6 is 0 Å². The molecule has 2 nitrogen and oxygen atoms in total. The average Bonchev–Trinajstić information content (AvgIpc) is 2.34. The van der Waals surface area contributed by atoms with Crippen molar-refractivity contribution < 1.29 is 4.74 Å². The predicted octanol–water partition coefficient (Wildman–Crippen LogP) is 5.70. The van der Waals surface area contributed by atoms with Crippen molar-refractivity contribution in [3.8, 4) is 0 Å². The summed E-state index contributed by atoms with van der Waals surface area (Å²) < 4.78 is 5.62. The SMILES string of the molecule is CCCCCCCC(=N)OC(C)CCCCCC. The monoisotopic (exact) mass is 255 g/mol. The van der Waals surface area contributed by atoms with Gasteiger partial charge in [-0.15, -0.1) is 0 Å². The molecule has 0 heterocycles. The second kappa shape index (κ2) is 12.9. The zero-order chi connectivity index (χ0) is 13.6. The summed E-state index contributed by atoms with van der Waals surface area (Å²) in [5, 5.41) is 7.79. The minimum atomic E-state index is 0.227. The zero-order valence-electron chi connectivity index (χ0n) is 12.8. The van der Waals surface area contributed by atoms with Gasteiger partial charge in [-0.1, -0.05) is 58.8 Å². The molecule has 0 aliphatic heterocycles. The normalized spacial score (nSPS) is 12.4. The zero-order valence-corrected chi connectivity index (χ0v) is 12.8. The third-order valence-corrected chi connectivity index (χ3v) is 3.32. The Labute approximate surface area is 114 Å². The van der Waals surface area contributed by atoms with E-state index in [9.17, 15) is 0 Å². The van der Waals surface area contributed by atoms with Gasteiger partial charge in [0.2, 0.25) is 0 Å². The fraction of sp³-hybridized carbons (Fsp3) is 0.938. The second-order valence-corrected chi connectivity index (χ2v) is 5.37. The molecular weight excluding hydrogens is 222 g/mol. The van der Waals surface area contributed by atoms with Crippen LogP contribution in [0, 0.1) is 5.41 Å². The van der Waals surface area contributed by atoms with Crippen molar-refractivity contribution in [3.05, 3.63) is 0 Å². The molecule has 0 saturated heterocycles. The van der Waals surface area contributed by atoms with Crippen LogP contribution in [0.4, 0.5) is 0 Å². The van der Waals surface area contributed by atoms with Crippen molar-refractivity contribution in [2.75, 3.05) is 0 Å². The van der Waals surface area contributed by atoms with E-state index < -0.39 is 0 Å². The molecule has 0 saturated carbocycles. The highest BCUT2D eigenvalue weighted by Crippen LogP contribution is 2.10. The fourth-order valence-corrected chi connectivity index (χ4v) is 2.11. The Bertz CT molecular complexity index is 192. The summed E-state index contributed by atoms with van der Waals surface area (Å²) in [6, 6.07) is 0. The second-order valence-electron chi connectivity index (χ2n) is 5.37. The summed E-state index contributed by atoms with van der Waals surface area (Å²) in [4.78, 5) is 0. The fourth-order valence-electron chi connectivity index (χ4n) is 2.11. The van der Waals surface area contributed by atoms with Gasteiger partial charge in [0.05, 0.1) is 6.10 Å². The molecular formula is C16H33NO. The molecule has 0 spiro atoms. The molecule has 18 heavy (non-hydrogen) atoms.